The number of nitrogens with two attached hydrogens (primary N) is 1. The summed E-state index contributed by atoms with van der Waals surface area (Å²) in [6.07, 6.45) is 0.790. The van der Waals surface area contributed by atoms with Crippen LogP contribution in [-0.2, 0) is 11.3 Å². The molecule has 0 atom stereocenters. The van der Waals surface area contributed by atoms with Crippen LogP contribution in [0.3, 0.4) is 0 Å². The Kier molecular flexibility index (Phi) is 5.25. The van der Waals surface area contributed by atoms with Crippen molar-refractivity contribution < 1.29 is 9.47 Å². The molecule has 2 N–H and O–H groups in total. The summed E-state index contributed by atoms with van der Waals surface area (Å²) in [5.74, 6) is 0.684. The fraction of sp³-hybridized carbons (Fsp3) is 0.538. The predicted molar refractivity (Wildman–Crippen MR) is 70.5 cm³/mol. The van der Waals surface area contributed by atoms with E-state index in [4.69, 9.17) is 26.8 Å². The van der Waals surface area contributed by atoms with Crippen LogP contribution in [0.4, 0.5) is 0 Å². The molecule has 0 aliphatic rings. The van der Waals surface area contributed by atoms with Crippen LogP contribution in [0, 0.1) is 0 Å². The molecule has 4 heteroatoms. The van der Waals surface area contributed by atoms with E-state index >= 15 is 0 Å². The highest BCUT2D eigenvalue weighted by atomic mass is 35.5. The molecular weight excluding hydrogens is 238 g/mol. The van der Waals surface area contributed by atoms with Crippen molar-refractivity contribution in [3.05, 3.63) is 28.8 Å². The van der Waals surface area contributed by atoms with Crippen LogP contribution in [0.5, 0.6) is 5.75 Å². The number of rotatable bonds is 6. The summed E-state index contributed by atoms with van der Waals surface area (Å²) in [6.45, 7) is 5.01. The Labute approximate surface area is 108 Å². The second-order valence-corrected chi connectivity index (χ2v) is 4.90. The Balaban J connectivity index is 2.63. The first kappa shape index (κ1) is 14.3. The molecule has 0 radical (unpaired) electrons. The Bertz CT molecular complexity index is 366. The van der Waals surface area contributed by atoms with Gasteiger partial charge in [0.1, 0.15) is 5.75 Å². The van der Waals surface area contributed by atoms with Crippen LogP contribution >= 0.6 is 11.6 Å². The lowest BCUT2D eigenvalue weighted by Crippen LogP contribution is -2.25. The first-order chi connectivity index (χ1) is 8.00. The monoisotopic (exact) mass is 257 g/mol. The normalized spacial score (nSPS) is 11.6. The zero-order valence-electron chi connectivity index (χ0n) is 10.6. The number of halogens is 1. The van der Waals surface area contributed by atoms with Gasteiger partial charge in [-0.2, -0.15) is 0 Å². The molecule has 0 saturated carbocycles. The molecule has 0 saturated heterocycles. The van der Waals surface area contributed by atoms with E-state index in [9.17, 15) is 0 Å². The second kappa shape index (κ2) is 6.24. The number of ether oxygens (including phenoxy) is 2. The number of methoxy groups -OCH3 is 1. The van der Waals surface area contributed by atoms with E-state index in [1.54, 1.807) is 13.2 Å². The third kappa shape index (κ3) is 4.19. The molecule has 3 nitrogen and oxygen atoms in total. The second-order valence-electron chi connectivity index (χ2n) is 4.49. The summed E-state index contributed by atoms with van der Waals surface area (Å²) in [4.78, 5) is 0. The topological polar surface area (TPSA) is 44.5 Å². The molecule has 0 bridgehead atoms. The Morgan fingerprint density at radius 1 is 1.35 bits per heavy atom. The van der Waals surface area contributed by atoms with Crippen molar-refractivity contribution in [3.8, 4) is 5.75 Å². The Morgan fingerprint density at radius 2 is 2.06 bits per heavy atom. The lowest BCUT2D eigenvalue weighted by atomic mass is 10.1. The summed E-state index contributed by atoms with van der Waals surface area (Å²) < 4.78 is 11.0. The van der Waals surface area contributed by atoms with Crippen molar-refractivity contribution in [1.29, 1.82) is 0 Å². The number of hydrogen-bond donors (Lipinski definition) is 1. The van der Waals surface area contributed by atoms with Crippen molar-refractivity contribution in [2.75, 3.05) is 13.7 Å². The zero-order chi connectivity index (χ0) is 12.9. The number of para-hydroxylation sites is 1. The largest absolute Gasteiger partial charge is 0.492 e. The van der Waals surface area contributed by atoms with Gasteiger partial charge < -0.3 is 15.2 Å². The summed E-state index contributed by atoms with van der Waals surface area (Å²) in [5.41, 5.74) is 6.37. The smallest absolute Gasteiger partial charge is 0.142 e. The van der Waals surface area contributed by atoms with E-state index in [-0.39, 0.29) is 5.60 Å². The van der Waals surface area contributed by atoms with E-state index in [1.807, 2.05) is 26.0 Å². The van der Waals surface area contributed by atoms with Gasteiger partial charge in [-0.1, -0.05) is 23.7 Å². The van der Waals surface area contributed by atoms with Crippen LogP contribution in [0.2, 0.25) is 5.02 Å². The molecule has 1 rings (SSSR count). The lowest BCUT2D eigenvalue weighted by molar-refractivity contribution is 0.00539. The van der Waals surface area contributed by atoms with Crippen molar-refractivity contribution >= 4 is 11.6 Å². The van der Waals surface area contributed by atoms with E-state index < -0.39 is 0 Å². The minimum atomic E-state index is -0.190. The van der Waals surface area contributed by atoms with Gasteiger partial charge in [-0.05, 0) is 19.9 Å². The van der Waals surface area contributed by atoms with E-state index in [2.05, 4.69) is 0 Å². The maximum atomic E-state index is 6.08. The molecule has 0 spiro atoms. The minimum absolute atomic E-state index is 0.190. The van der Waals surface area contributed by atoms with Crippen molar-refractivity contribution in [2.24, 2.45) is 5.73 Å². The van der Waals surface area contributed by atoms with Crippen molar-refractivity contribution in [3.63, 3.8) is 0 Å². The molecule has 0 unspecified atom stereocenters. The van der Waals surface area contributed by atoms with E-state index in [0.29, 0.717) is 23.9 Å². The van der Waals surface area contributed by atoms with Gasteiger partial charge in [0.05, 0.1) is 17.2 Å². The predicted octanol–water partition coefficient (Wildman–Crippen LogP) is 2.99. The summed E-state index contributed by atoms with van der Waals surface area (Å²) in [5, 5.41) is 0.600. The van der Waals surface area contributed by atoms with Gasteiger partial charge in [-0.15, -0.1) is 0 Å². The zero-order valence-corrected chi connectivity index (χ0v) is 11.4. The third-order valence-electron chi connectivity index (χ3n) is 2.77. The number of hydrogen-bond acceptors (Lipinski definition) is 3. The van der Waals surface area contributed by atoms with Crippen LogP contribution in [-0.4, -0.2) is 19.3 Å². The Hall–Kier alpha value is -0.770. The van der Waals surface area contributed by atoms with Crippen molar-refractivity contribution in [2.45, 2.75) is 32.4 Å². The maximum Gasteiger partial charge on any atom is 0.142 e. The van der Waals surface area contributed by atoms with Gasteiger partial charge in [0, 0.05) is 25.6 Å². The van der Waals surface area contributed by atoms with Crippen LogP contribution in [0.25, 0.3) is 0 Å². The average Bonchev–Trinajstić information content (AvgIpc) is 2.31. The fourth-order valence-electron chi connectivity index (χ4n) is 1.38. The first-order valence-corrected chi connectivity index (χ1v) is 6.03. The van der Waals surface area contributed by atoms with Crippen LogP contribution < -0.4 is 10.5 Å². The highest BCUT2D eigenvalue weighted by molar-refractivity contribution is 6.32. The van der Waals surface area contributed by atoms with Gasteiger partial charge in [-0.25, -0.2) is 0 Å². The van der Waals surface area contributed by atoms with Crippen LogP contribution in [0.1, 0.15) is 25.8 Å². The first-order valence-electron chi connectivity index (χ1n) is 5.65. The molecule has 0 aliphatic heterocycles. The van der Waals surface area contributed by atoms with Gasteiger partial charge in [0.15, 0.2) is 0 Å². The average molecular weight is 258 g/mol. The van der Waals surface area contributed by atoms with Gasteiger partial charge in [-0.3, -0.25) is 0 Å². The van der Waals surface area contributed by atoms with Gasteiger partial charge in [0.25, 0.3) is 0 Å². The molecular formula is C13H20ClNO2. The highest BCUT2D eigenvalue weighted by Crippen LogP contribution is 2.29. The van der Waals surface area contributed by atoms with Gasteiger partial charge in [0.2, 0.25) is 0 Å². The highest BCUT2D eigenvalue weighted by Gasteiger charge is 2.17. The minimum Gasteiger partial charge on any atom is -0.492 e. The number of benzene rings is 1. The molecule has 0 amide bonds. The van der Waals surface area contributed by atoms with E-state index in [1.165, 1.54) is 0 Å². The van der Waals surface area contributed by atoms with E-state index in [0.717, 1.165) is 12.0 Å². The molecule has 96 valence electrons. The molecule has 17 heavy (non-hydrogen) atoms. The molecule has 0 heterocycles. The third-order valence-corrected chi connectivity index (χ3v) is 3.07. The maximum absolute atomic E-state index is 6.08. The van der Waals surface area contributed by atoms with Gasteiger partial charge >= 0.3 is 0 Å². The summed E-state index contributed by atoms with van der Waals surface area (Å²) in [6, 6.07) is 5.59. The summed E-state index contributed by atoms with van der Waals surface area (Å²) >= 11 is 6.08. The molecule has 0 aliphatic carbocycles. The standard InChI is InChI=1S/C13H20ClNO2/c1-13(2,16-3)7-8-17-12-10(9-15)5-4-6-11(12)14/h4-6H,7-9,15H2,1-3H3. The molecule has 0 aromatic heterocycles. The molecule has 1 aromatic rings. The fourth-order valence-corrected chi connectivity index (χ4v) is 1.63. The SMILES string of the molecule is COC(C)(C)CCOc1c(Cl)cccc1CN. The summed E-state index contributed by atoms with van der Waals surface area (Å²) in [7, 11) is 1.70. The Morgan fingerprint density at radius 3 is 2.65 bits per heavy atom. The molecule has 0 fully saturated rings. The van der Waals surface area contributed by atoms with Crippen LogP contribution in [0.15, 0.2) is 18.2 Å². The lowest BCUT2D eigenvalue weighted by Gasteiger charge is -2.23. The van der Waals surface area contributed by atoms with Crippen molar-refractivity contribution in [1.82, 2.24) is 0 Å². The molecule has 1 aromatic carbocycles. The quantitative estimate of drug-likeness (QED) is 0.852.